The minimum atomic E-state index is -0.588. The minimum absolute atomic E-state index is 0.00524. The summed E-state index contributed by atoms with van der Waals surface area (Å²) in [4.78, 5) is 0. The molecule has 10 heteroatoms. The van der Waals surface area contributed by atoms with Gasteiger partial charge in [0.25, 0.3) is 0 Å². The summed E-state index contributed by atoms with van der Waals surface area (Å²) < 4.78 is 30.6. The topological polar surface area (TPSA) is 124 Å². The number of aliphatic hydroxyl groups is 1. The van der Waals surface area contributed by atoms with Crippen LogP contribution in [0.25, 0.3) is 21.1 Å². The Hall–Kier alpha value is -3.10. The smallest absolute Gasteiger partial charge is 0.165 e. The minimum Gasteiger partial charge on any atom is -0.490 e. The molecule has 1 unspecified atom stereocenters. The number of hydrogen-bond acceptors (Lipinski definition) is 9. The van der Waals surface area contributed by atoms with E-state index in [1.54, 1.807) is 31.4 Å². The van der Waals surface area contributed by atoms with Crippen molar-refractivity contribution < 1.29 is 23.7 Å². The van der Waals surface area contributed by atoms with Crippen LogP contribution in [0.1, 0.15) is 18.1 Å². The number of nitriles is 1. The van der Waals surface area contributed by atoms with Crippen LogP contribution in [0.4, 0.5) is 4.39 Å². The zero-order chi connectivity index (χ0) is 23.8. The number of aryl methyl sites for hydroxylation is 1. The average Bonchev–Trinajstić information content (AvgIpc) is 3.33. The van der Waals surface area contributed by atoms with Crippen LogP contribution in [-0.4, -0.2) is 54.9 Å². The molecule has 3 aromatic rings. The second-order valence-electron chi connectivity index (χ2n) is 7.12. The first-order valence-corrected chi connectivity index (χ1v) is 11.1. The van der Waals surface area contributed by atoms with Crippen molar-refractivity contribution in [3.8, 4) is 38.7 Å². The molecule has 2 aromatic carbocycles. The molecule has 174 valence electrons. The molecule has 3 rings (SSSR count). The van der Waals surface area contributed by atoms with E-state index in [2.05, 4.69) is 16.3 Å². The van der Waals surface area contributed by atoms with E-state index in [-0.39, 0.29) is 19.0 Å². The highest BCUT2D eigenvalue weighted by Crippen LogP contribution is 2.36. The molecule has 0 aliphatic rings. The number of nitrogens with two attached hydrogens (primary N) is 1. The van der Waals surface area contributed by atoms with Crippen LogP contribution in [0.5, 0.6) is 11.5 Å². The Morgan fingerprint density at radius 3 is 2.64 bits per heavy atom. The number of methoxy groups -OCH3 is 1. The van der Waals surface area contributed by atoms with Gasteiger partial charge in [-0.1, -0.05) is 18.3 Å². The number of ether oxygens (including phenoxy) is 3. The third kappa shape index (κ3) is 6.03. The first kappa shape index (κ1) is 24.5. The molecule has 0 aliphatic carbocycles. The highest BCUT2D eigenvalue weighted by Gasteiger charge is 2.17. The largest absolute Gasteiger partial charge is 0.490 e. The fourth-order valence-corrected chi connectivity index (χ4v) is 3.90. The third-order valence-corrected chi connectivity index (χ3v) is 5.78. The number of aliphatic hydroxyl groups excluding tert-OH is 1. The zero-order valence-corrected chi connectivity index (χ0v) is 19.2. The van der Waals surface area contributed by atoms with Gasteiger partial charge in [0.05, 0.1) is 24.8 Å². The highest BCUT2D eigenvalue weighted by molar-refractivity contribution is 7.17. The lowest BCUT2D eigenvalue weighted by Gasteiger charge is -2.14. The van der Waals surface area contributed by atoms with Gasteiger partial charge in [-0.25, -0.2) is 4.39 Å². The number of aromatic nitrogens is 2. The summed E-state index contributed by atoms with van der Waals surface area (Å²) in [5.41, 5.74) is 8.19. The van der Waals surface area contributed by atoms with Crippen molar-refractivity contribution in [3.05, 3.63) is 47.3 Å². The van der Waals surface area contributed by atoms with Gasteiger partial charge in [-0.3, -0.25) is 0 Å². The first-order chi connectivity index (χ1) is 16.0. The number of rotatable bonds is 11. The first-order valence-electron chi connectivity index (χ1n) is 10.3. The molecule has 0 fully saturated rings. The quantitative estimate of drug-likeness (QED) is 0.408. The van der Waals surface area contributed by atoms with Crippen LogP contribution < -0.4 is 15.2 Å². The van der Waals surface area contributed by atoms with E-state index >= 15 is 0 Å². The third-order valence-electron chi connectivity index (χ3n) is 4.77. The molecule has 0 amide bonds. The van der Waals surface area contributed by atoms with E-state index in [4.69, 9.17) is 25.1 Å². The van der Waals surface area contributed by atoms with Crippen LogP contribution in [0, 0.1) is 17.1 Å². The Bertz CT molecular complexity index is 1130. The maximum atomic E-state index is 14.7. The van der Waals surface area contributed by atoms with Gasteiger partial charge in [0, 0.05) is 18.2 Å². The predicted molar refractivity (Wildman–Crippen MR) is 123 cm³/mol. The molecule has 8 nitrogen and oxygen atoms in total. The molecule has 1 heterocycles. The van der Waals surface area contributed by atoms with Crippen molar-refractivity contribution in [1.82, 2.24) is 10.2 Å². The van der Waals surface area contributed by atoms with E-state index in [1.165, 1.54) is 17.4 Å². The van der Waals surface area contributed by atoms with Gasteiger partial charge in [-0.15, -0.1) is 10.2 Å². The maximum absolute atomic E-state index is 14.7. The van der Waals surface area contributed by atoms with Crippen molar-refractivity contribution in [2.75, 3.05) is 33.5 Å². The van der Waals surface area contributed by atoms with Gasteiger partial charge in [0.15, 0.2) is 11.6 Å². The lowest BCUT2D eigenvalue weighted by atomic mass is 10.0. The van der Waals surface area contributed by atoms with Crippen molar-refractivity contribution in [2.45, 2.75) is 19.4 Å². The van der Waals surface area contributed by atoms with Crippen LogP contribution in [-0.2, 0) is 11.2 Å². The van der Waals surface area contributed by atoms with Crippen molar-refractivity contribution >= 4 is 11.3 Å². The van der Waals surface area contributed by atoms with Crippen LogP contribution in [0.15, 0.2) is 30.3 Å². The molecule has 1 aromatic heterocycles. The second kappa shape index (κ2) is 11.7. The average molecular weight is 473 g/mol. The zero-order valence-electron chi connectivity index (χ0n) is 18.4. The van der Waals surface area contributed by atoms with E-state index in [0.717, 1.165) is 5.56 Å². The van der Waals surface area contributed by atoms with Gasteiger partial charge in [-0.05, 0) is 42.3 Å². The molecule has 0 spiro atoms. The molecule has 33 heavy (non-hydrogen) atoms. The molecule has 1 atom stereocenters. The normalized spacial score (nSPS) is 11.8. The summed E-state index contributed by atoms with van der Waals surface area (Å²) in [5.74, 6) is -0.00439. The maximum Gasteiger partial charge on any atom is 0.165 e. The van der Waals surface area contributed by atoms with Crippen molar-refractivity contribution in [1.29, 1.82) is 5.26 Å². The Morgan fingerprint density at radius 1 is 1.15 bits per heavy atom. The second-order valence-corrected chi connectivity index (χ2v) is 8.10. The number of hydrogen-bond donors (Lipinski definition) is 2. The fraction of sp³-hybridized carbons (Fsp3) is 0.348. The summed E-state index contributed by atoms with van der Waals surface area (Å²) in [6.45, 7) is 2.46. The lowest BCUT2D eigenvalue weighted by Crippen LogP contribution is -2.31. The molecular formula is C23H25FN4O4S. The van der Waals surface area contributed by atoms with Gasteiger partial charge in [-0.2, -0.15) is 5.26 Å². The molecule has 0 aliphatic heterocycles. The van der Waals surface area contributed by atoms with Crippen molar-refractivity contribution in [3.63, 3.8) is 0 Å². The standard InChI is InChI=1S/C23H25FN4O4S/c1-3-14-9-21(32-13-17(26)12-29)19(24)10-18(14)23-28-27-22(33-23)15-4-5-20(16(8-15)11-25)31-7-6-30-2/h4-5,8-10,17,29H,3,6-7,12-13,26H2,1-2H3. The van der Waals surface area contributed by atoms with Crippen LogP contribution >= 0.6 is 11.3 Å². The van der Waals surface area contributed by atoms with Gasteiger partial charge in [0.1, 0.15) is 35.0 Å². The number of nitrogens with zero attached hydrogens (tertiary/aromatic N) is 3. The molecule has 0 radical (unpaired) electrons. The summed E-state index contributed by atoms with van der Waals surface area (Å²) in [5, 5.41) is 28.1. The highest BCUT2D eigenvalue weighted by atomic mass is 32.1. The Balaban J connectivity index is 1.86. The Kier molecular flexibility index (Phi) is 8.68. The monoisotopic (exact) mass is 472 g/mol. The van der Waals surface area contributed by atoms with E-state index in [1.807, 2.05) is 6.92 Å². The van der Waals surface area contributed by atoms with Crippen LogP contribution in [0.3, 0.4) is 0 Å². The Labute approximate surface area is 195 Å². The molecule has 0 bridgehead atoms. The van der Waals surface area contributed by atoms with Gasteiger partial charge >= 0.3 is 0 Å². The lowest BCUT2D eigenvalue weighted by molar-refractivity contribution is 0.146. The number of benzene rings is 2. The Morgan fingerprint density at radius 2 is 1.94 bits per heavy atom. The van der Waals surface area contributed by atoms with Gasteiger partial charge in [0.2, 0.25) is 0 Å². The predicted octanol–water partition coefficient (Wildman–Crippen LogP) is 3.17. The summed E-state index contributed by atoms with van der Waals surface area (Å²) >= 11 is 1.30. The molecule has 0 saturated heterocycles. The SMILES string of the molecule is CCc1cc(OCC(N)CO)c(F)cc1-c1nnc(-c2ccc(OCCOC)c(C#N)c2)s1. The van der Waals surface area contributed by atoms with E-state index < -0.39 is 11.9 Å². The van der Waals surface area contributed by atoms with E-state index in [9.17, 15) is 9.65 Å². The molecule has 3 N–H and O–H groups in total. The van der Waals surface area contributed by atoms with E-state index in [0.29, 0.717) is 52.1 Å². The summed E-state index contributed by atoms with van der Waals surface area (Å²) in [6, 6.07) is 9.74. The van der Waals surface area contributed by atoms with Crippen LogP contribution in [0.2, 0.25) is 0 Å². The van der Waals surface area contributed by atoms with Gasteiger partial charge < -0.3 is 25.1 Å². The molecular weight excluding hydrogens is 447 g/mol. The van der Waals surface area contributed by atoms with Crippen molar-refractivity contribution in [2.24, 2.45) is 5.73 Å². The summed E-state index contributed by atoms with van der Waals surface area (Å²) in [6.07, 6.45) is 0.624. The molecule has 0 saturated carbocycles. The fourth-order valence-electron chi connectivity index (χ4n) is 3.01. The summed E-state index contributed by atoms with van der Waals surface area (Å²) in [7, 11) is 1.58. The number of halogens is 1.